The van der Waals surface area contributed by atoms with E-state index >= 15 is 0 Å². The van der Waals surface area contributed by atoms with Crippen LogP contribution in [-0.2, 0) is 4.74 Å². The van der Waals surface area contributed by atoms with Gasteiger partial charge in [0.25, 0.3) is 5.91 Å². The fourth-order valence-corrected chi connectivity index (χ4v) is 3.10. The highest BCUT2D eigenvalue weighted by Gasteiger charge is 2.36. The number of ether oxygens (including phenoxy) is 1. The number of carbonyl (C=O) groups excluding carboxylic acids is 1. The smallest absolute Gasteiger partial charge is 0.290 e. The number of methoxy groups -OCH3 is 1. The van der Waals surface area contributed by atoms with E-state index < -0.39 is 0 Å². The van der Waals surface area contributed by atoms with Gasteiger partial charge in [-0.15, -0.1) is 0 Å². The van der Waals surface area contributed by atoms with Crippen LogP contribution in [0.3, 0.4) is 0 Å². The van der Waals surface area contributed by atoms with Crippen molar-refractivity contribution < 1.29 is 19.1 Å². The minimum absolute atomic E-state index is 0.0610. The van der Waals surface area contributed by atoms with E-state index in [9.17, 15) is 9.90 Å². The van der Waals surface area contributed by atoms with Crippen LogP contribution >= 0.6 is 11.6 Å². The van der Waals surface area contributed by atoms with Gasteiger partial charge in [-0.25, -0.2) is 0 Å². The number of halogens is 1. The van der Waals surface area contributed by atoms with Crippen LogP contribution in [0.25, 0.3) is 11.3 Å². The lowest BCUT2D eigenvalue weighted by Gasteiger charge is -2.21. The highest BCUT2D eigenvalue weighted by atomic mass is 35.5. The molecule has 0 bridgehead atoms. The van der Waals surface area contributed by atoms with Crippen molar-refractivity contribution in [2.75, 3.05) is 20.3 Å². The number of carbonyl (C=O) groups is 1. The van der Waals surface area contributed by atoms with Crippen LogP contribution in [0.1, 0.15) is 17.0 Å². The van der Waals surface area contributed by atoms with Crippen LogP contribution in [-0.4, -0.2) is 48.3 Å². The number of likely N-dealkylation sites (tertiary alicyclic amines) is 1. The highest BCUT2D eigenvalue weighted by molar-refractivity contribution is 6.33. The van der Waals surface area contributed by atoms with Gasteiger partial charge in [0.15, 0.2) is 5.76 Å². The lowest BCUT2D eigenvalue weighted by molar-refractivity contribution is 0.0618. The zero-order valence-electron chi connectivity index (χ0n) is 12.7. The maximum absolute atomic E-state index is 12.6. The van der Waals surface area contributed by atoms with Gasteiger partial charge in [-0.3, -0.25) is 4.79 Å². The molecule has 0 aliphatic carbocycles. The summed E-state index contributed by atoms with van der Waals surface area (Å²) in [5.74, 6) is 0.527. The molecule has 2 aromatic rings. The summed E-state index contributed by atoms with van der Waals surface area (Å²) in [6, 6.07) is 10.4. The standard InChI is InChI=1S/C17H18ClNO4/c1-22-12-8-11(10-20)19(9-12)17(21)16-7-6-15(23-16)13-4-2-3-5-14(13)18/h2-7,11-12,20H,8-10H2,1H3/t11-,12-/m0/s1. The lowest BCUT2D eigenvalue weighted by atomic mass is 10.2. The minimum atomic E-state index is -0.249. The molecule has 0 saturated carbocycles. The first-order valence-electron chi connectivity index (χ1n) is 7.43. The Morgan fingerprint density at radius 1 is 1.39 bits per heavy atom. The van der Waals surface area contributed by atoms with E-state index in [4.69, 9.17) is 20.8 Å². The van der Waals surface area contributed by atoms with Gasteiger partial charge < -0.3 is 19.2 Å². The van der Waals surface area contributed by atoms with Crippen LogP contribution in [0, 0.1) is 0 Å². The lowest BCUT2D eigenvalue weighted by Crippen LogP contribution is -2.37. The number of furan rings is 1. The molecule has 2 heterocycles. The van der Waals surface area contributed by atoms with Crippen LogP contribution in [0.2, 0.25) is 5.02 Å². The number of hydrogen-bond acceptors (Lipinski definition) is 4. The van der Waals surface area contributed by atoms with Gasteiger partial charge in [-0.1, -0.05) is 23.7 Å². The maximum atomic E-state index is 12.6. The molecule has 1 fully saturated rings. The fourth-order valence-electron chi connectivity index (χ4n) is 2.87. The van der Waals surface area contributed by atoms with Gasteiger partial charge in [0.05, 0.1) is 23.8 Å². The number of nitrogens with zero attached hydrogens (tertiary/aromatic N) is 1. The highest BCUT2D eigenvalue weighted by Crippen LogP contribution is 2.30. The van der Waals surface area contributed by atoms with Crippen molar-refractivity contribution in [3.05, 3.63) is 47.2 Å². The molecule has 23 heavy (non-hydrogen) atoms. The number of aliphatic hydroxyl groups is 1. The maximum Gasteiger partial charge on any atom is 0.290 e. The second-order valence-corrected chi connectivity index (χ2v) is 5.94. The zero-order chi connectivity index (χ0) is 16.4. The summed E-state index contributed by atoms with van der Waals surface area (Å²) in [5, 5.41) is 10.0. The summed E-state index contributed by atoms with van der Waals surface area (Å²) < 4.78 is 11.0. The van der Waals surface area contributed by atoms with Gasteiger partial charge in [0.2, 0.25) is 0 Å². The van der Waals surface area contributed by atoms with E-state index in [0.29, 0.717) is 23.7 Å². The number of hydrogen-bond donors (Lipinski definition) is 1. The van der Waals surface area contributed by atoms with Crippen molar-refractivity contribution in [2.45, 2.75) is 18.6 Å². The van der Waals surface area contributed by atoms with Crippen molar-refractivity contribution >= 4 is 17.5 Å². The van der Waals surface area contributed by atoms with E-state index in [0.717, 1.165) is 5.56 Å². The molecular formula is C17H18ClNO4. The number of rotatable bonds is 4. The van der Waals surface area contributed by atoms with Crippen molar-refractivity contribution in [2.24, 2.45) is 0 Å². The first kappa shape index (κ1) is 16.1. The van der Waals surface area contributed by atoms with Gasteiger partial charge in [0, 0.05) is 19.2 Å². The number of amides is 1. The van der Waals surface area contributed by atoms with Crippen molar-refractivity contribution in [1.29, 1.82) is 0 Å². The van der Waals surface area contributed by atoms with Gasteiger partial charge >= 0.3 is 0 Å². The third kappa shape index (κ3) is 3.13. The molecule has 1 aromatic heterocycles. The molecule has 1 saturated heterocycles. The summed E-state index contributed by atoms with van der Waals surface area (Å²) in [4.78, 5) is 14.2. The first-order valence-corrected chi connectivity index (χ1v) is 7.81. The Labute approximate surface area is 139 Å². The van der Waals surface area contributed by atoms with E-state index in [1.54, 1.807) is 30.2 Å². The van der Waals surface area contributed by atoms with Crippen LogP contribution in [0.15, 0.2) is 40.8 Å². The number of aliphatic hydroxyl groups excluding tert-OH is 1. The first-order chi connectivity index (χ1) is 11.1. The summed E-state index contributed by atoms with van der Waals surface area (Å²) in [6.07, 6.45) is 0.561. The third-order valence-electron chi connectivity index (χ3n) is 4.14. The minimum Gasteiger partial charge on any atom is -0.451 e. The van der Waals surface area contributed by atoms with E-state index in [2.05, 4.69) is 0 Å². The van der Waals surface area contributed by atoms with Crippen molar-refractivity contribution in [3.63, 3.8) is 0 Å². The van der Waals surface area contributed by atoms with Gasteiger partial charge in [0.1, 0.15) is 5.76 Å². The zero-order valence-corrected chi connectivity index (χ0v) is 13.5. The Balaban J connectivity index is 1.83. The van der Waals surface area contributed by atoms with E-state index in [1.807, 2.05) is 18.2 Å². The Morgan fingerprint density at radius 3 is 2.87 bits per heavy atom. The molecule has 1 amide bonds. The van der Waals surface area contributed by atoms with Crippen LogP contribution < -0.4 is 0 Å². The predicted octanol–water partition coefficient (Wildman–Crippen LogP) is 2.82. The second-order valence-electron chi connectivity index (χ2n) is 5.53. The van der Waals surface area contributed by atoms with E-state index in [1.165, 1.54) is 0 Å². The average Bonchev–Trinajstić information content (AvgIpc) is 3.21. The normalized spacial score (nSPS) is 20.9. The molecule has 1 aliphatic rings. The molecule has 3 rings (SSSR count). The Bertz CT molecular complexity index is 699. The van der Waals surface area contributed by atoms with Crippen LogP contribution in [0.4, 0.5) is 0 Å². The van der Waals surface area contributed by atoms with Gasteiger partial charge in [-0.2, -0.15) is 0 Å². The Kier molecular flexibility index (Phi) is 4.71. The molecule has 6 heteroatoms. The van der Waals surface area contributed by atoms with Crippen LogP contribution in [0.5, 0.6) is 0 Å². The summed E-state index contributed by atoms with van der Waals surface area (Å²) >= 11 is 6.15. The molecule has 1 aromatic carbocycles. The topological polar surface area (TPSA) is 62.9 Å². The molecular weight excluding hydrogens is 318 g/mol. The van der Waals surface area contributed by atoms with Crippen molar-refractivity contribution in [3.8, 4) is 11.3 Å². The average molecular weight is 336 g/mol. The summed E-state index contributed by atoms with van der Waals surface area (Å²) in [5.41, 5.74) is 0.739. The van der Waals surface area contributed by atoms with Gasteiger partial charge in [-0.05, 0) is 30.7 Å². The second kappa shape index (κ2) is 6.74. The Hall–Kier alpha value is -1.82. The fraction of sp³-hybridized carbons (Fsp3) is 0.353. The number of benzene rings is 1. The molecule has 0 spiro atoms. The predicted molar refractivity (Wildman–Crippen MR) is 86.5 cm³/mol. The van der Waals surface area contributed by atoms with Crippen molar-refractivity contribution in [1.82, 2.24) is 4.90 Å². The molecule has 0 radical (unpaired) electrons. The van der Waals surface area contributed by atoms with E-state index in [-0.39, 0.29) is 30.4 Å². The largest absolute Gasteiger partial charge is 0.451 e. The molecule has 1 aliphatic heterocycles. The SMILES string of the molecule is CO[C@H]1C[C@@H](CO)N(C(=O)c2ccc(-c3ccccc3Cl)o2)C1. The molecule has 0 unspecified atom stereocenters. The third-order valence-corrected chi connectivity index (χ3v) is 4.47. The summed E-state index contributed by atoms with van der Waals surface area (Å²) in [7, 11) is 1.61. The molecule has 2 atom stereocenters. The quantitative estimate of drug-likeness (QED) is 0.933. The Morgan fingerprint density at radius 2 is 2.17 bits per heavy atom. The molecule has 122 valence electrons. The molecule has 5 nitrogen and oxygen atoms in total. The summed E-state index contributed by atoms with van der Waals surface area (Å²) in [6.45, 7) is 0.354. The molecule has 1 N–H and O–H groups in total. The monoisotopic (exact) mass is 335 g/mol.